The molecule has 0 radical (unpaired) electrons. The van der Waals surface area contributed by atoms with Crippen LogP contribution in [0.4, 0.5) is 21.9 Å². The molecule has 3 rings (SSSR count). The van der Waals surface area contributed by atoms with Gasteiger partial charge in [-0.2, -0.15) is 0 Å². The summed E-state index contributed by atoms with van der Waals surface area (Å²) in [5.41, 5.74) is 7.38. The molecule has 0 bridgehead atoms. The minimum Gasteiger partial charge on any atom is -0.487 e. The minimum atomic E-state index is -0.741. The van der Waals surface area contributed by atoms with Gasteiger partial charge in [-0.1, -0.05) is 11.6 Å². The van der Waals surface area contributed by atoms with E-state index in [0.717, 1.165) is 0 Å². The van der Waals surface area contributed by atoms with Crippen LogP contribution in [-0.4, -0.2) is 47.7 Å². The number of nitrogens with one attached hydrogen (secondary N) is 4. The summed E-state index contributed by atoms with van der Waals surface area (Å²) in [4.78, 5) is 37.9. The molecule has 0 aliphatic carbocycles. The number of carbonyl (C=O) groups excluding carboxylic acids is 3. The number of halogens is 1. The highest BCUT2D eigenvalue weighted by atomic mass is 35.5. The standard InChI is InChI=1S/C35H44ClN5O7/c1-20(2)46-28-17-24(37)15-22(30(28)45-19-29(42)47-34(3,4)5)18-39-27-14-11-23(36)16-26(27)32(43)40-25-12-9-21(10-13-25)31(38)41-33(44)48-35(6,7)8/h9-17,20,39H,18-19,37H2,1-8H3,(H,40,43)(H2,38,41,44). The van der Waals surface area contributed by atoms with Crippen LogP contribution in [0.5, 0.6) is 11.5 Å². The third-order valence-corrected chi connectivity index (χ3v) is 6.26. The number of anilines is 3. The van der Waals surface area contributed by atoms with Crippen LogP contribution >= 0.6 is 11.6 Å². The van der Waals surface area contributed by atoms with Crippen molar-refractivity contribution in [3.05, 3.63) is 76.3 Å². The average molecular weight is 682 g/mol. The van der Waals surface area contributed by atoms with Crippen LogP contribution in [0, 0.1) is 5.41 Å². The molecular weight excluding hydrogens is 638 g/mol. The molecule has 48 heavy (non-hydrogen) atoms. The van der Waals surface area contributed by atoms with Crippen LogP contribution in [0.15, 0.2) is 54.6 Å². The Hall–Kier alpha value is -4.97. The molecule has 13 heteroatoms. The number of ether oxygens (including phenoxy) is 4. The van der Waals surface area contributed by atoms with Gasteiger partial charge in [-0.3, -0.25) is 15.5 Å². The van der Waals surface area contributed by atoms with Gasteiger partial charge in [0.05, 0.1) is 11.7 Å². The smallest absolute Gasteiger partial charge is 0.413 e. The number of nitrogens with two attached hydrogens (primary N) is 1. The van der Waals surface area contributed by atoms with Crippen LogP contribution in [0.1, 0.15) is 76.9 Å². The van der Waals surface area contributed by atoms with Crippen molar-refractivity contribution in [2.45, 2.75) is 79.2 Å². The molecule has 3 aromatic rings. The number of nitrogen functional groups attached to an aromatic ring is 1. The third-order valence-electron chi connectivity index (χ3n) is 6.02. The first-order valence-corrected chi connectivity index (χ1v) is 15.6. The van der Waals surface area contributed by atoms with Crippen molar-refractivity contribution in [1.82, 2.24) is 5.32 Å². The van der Waals surface area contributed by atoms with Crippen molar-refractivity contribution in [2.24, 2.45) is 0 Å². The lowest BCUT2D eigenvalue weighted by atomic mass is 10.1. The van der Waals surface area contributed by atoms with E-state index in [2.05, 4.69) is 16.0 Å². The normalized spacial score (nSPS) is 11.4. The zero-order valence-corrected chi connectivity index (χ0v) is 29.3. The SMILES string of the molecule is CC(C)Oc1cc(N)cc(CNc2ccc(Cl)cc2C(=O)Nc2ccc(C(=N)NC(=O)OC(C)(C)C)cc2)c1OCC(=O)OC(C)(C)C. The first-order chi connectivity index (χ1) is 22.3. The van der Waals surface area contributed by atoms with Gasteiger partial charge in [0.2, 0.25) is 0 Å². The highest BCUT2D eigenvalue weighted by Gasteiger charge is 2.21. The summed E-state index contributed by atoms with van der Waals surface area (Å²) >= 11 is 6.28. The van der Waals surface area contributed by atoms with Crippen molar-refractivity contribution in [3.63, 3.8) is 0 Å². The van der Waals surface area contributed by atoms with Crippen molar-refractivity contribution in [1.29, 1.82) is 5.41 Å². The van der Waals surface area contributed by atoms with Gasteiger partial charge in [0.15, 0.2) is 18.1 Å². The molecule has 6 N–H and O–H groups in total. The molecule has 0 spiro atoms. The number of carbonyl (C=O) groups is 3. The fraction of sp³-hybridized carbons (Fsp3) is 0.371. The maximum atomic E-state index is 13.4. The molecule has 0 heterocycles. The Morgan fingerprint density at radius 3 is 2.17 bits per heavy atom. The molecule has 3 aromatic carbocycles. The Bertz CT molecular complexity index is 1640. The highest BCUT2D eigenvalue weighted by molar-refractivity contribution is 6.31. The van der Waals surface area contributed by atoms with E-state index in [9.17, 15) is 14.4 Å². The Morgan fingerprint density at radius 1 is 0.917 bits per heavy atom. The Labute approximate surface area is 286 Å². The highest BCUT2D eigenvalue weighted by Crippen LogP contribution is 2.36. The van der Waals surface area contributed by atoms with Crippen molar-refractivity contribution in [2.75, 3.05) is 23.0 Å². The van der Waals surface area contributed by atoms with Crippen molar-refractivity contribution in [3.8, 4) is 11.5 Å². The van der Waals surface area contributed by atoms with E-state index >= 15 is 0 Å². The molecule has 0 saturated heterocycles. The maximum Gasteiger partial charge on any atom is 0.413 e. The van der Waals surface area contributed by atoms with Gasteiger partial charge in [0.25, 0.3) is 5.91 Å². The van der Waals surface area contributed by atoms with Crippen LogP contribution in [-0.2, 0) is 20.8 Å². The quantitative estimate of drug-likeness (QED) is 0.0609. The second kappa shape index (κ2) is 15.7. The lowest BCUT2D eigenvalue weighted by Crippen LogP contribution is -2.36. The number of benzene rings is 3. The zero-order valence-electron chi connectivity index (χ0n) is 28.5. The lowest BCUT2D eigenvalue weighted by Gasteiger charge is -2.22. The predicted molar refractivity (Wildman–Crippen MR) is 187 cm³/mol. The summed E-state index contributed by atoms with van der Waals surface area (Å²) < 4.78 is 22.5. The van der Waals surface area contributed by atoms with Crippen LogP contribution in [0.25, 0.3) is 0 Å². The van der Waals surface area contributed by atoms with Gasteiger partial charge in [0.1, 0.15) is 17.0 Å². The molecule has 2 amide bonds. The molecule has 0 aliphatic rings. The van der Waals surface area contributed by atoms with E-state index < -0.39 is 29.2 Å². The van der Waals surface area contributed by atoms with Gasteiger partial charge >= 0.3 is 12.1 Å². The van der Waals surface area contributed by atoms with Gasteiger partial charge < -0.3 is 35.3 Å². The Balaban J connectivity index is 1.79. The second-order valence-corrected chi connectivity index (χ2v) is 13.6. The van der Waals surface area contributed by atoms with E-state index in [1.807, 2.05) is 13.8 Å². The molecule has 258 valence electrons. The van der Waals surface area contributed by atoms with Gasteiger partial charge in [0, 0.05) is 45.8 Å². The fourth-order valence-electron chi connectivity index (χ4n) is 4.27. The van der Waals surface area contributed by atoms with E-state index in [1.54, 1.807) is 90.1 Å². The number of amides is 2. The monoisotopic (exact) mass is 681 g/mol. The van der Waals surface area contributed by atoms with Gasteiger partial charge in [-0.05, 0) is 104 Å². The molecule has 0 unspecified atom stereocenters. The summed E-state index contributed by atoms with van der Waals surface area (Å²) in [7, 11) is 0. The molecule has 0 aliphatic heterocycles. The first-order valence-electron chi connectivity index (χ1n) is 15.3. The second-order valence-electron chi connectivity index (χ2n) is 13.1. The largest absolute Gasteiger partial charge is 0.487 e. The number of hydrogen-bond donors (Lipinski definition) is 5. The van der Waals surface area contributed by atoms with E-state index in [4.69, 9.17) is 41.7 Å². The first kappa shape index (κ1) is 37.5. The number of hydrogen-bond acceptors (Lipinski definition) is 10. The molecule has 12 nitrogen and oxygen atoms in total. The number of alkyl carbamates (subject to hydrolysis) is 1. The van der Waals surface area contributed by atoms with Crippen molar-refractivity contribution < 1.29 is 33.3 Å². The predicted octanol–water partition coefficient (Wildman–Crippen LogP) is 7.14. The molecule has 0 fully saturated rings. The number of esters is 1. The van der Waals surface area contributed by atoms with E-state index in [0.29, 0.717) is 44.7 Å². The molecule has 0 atom stereocenters. The van der Waals surface area contributed by atoms with E-state index in [-0.39, 0.29) is 30.7 Å². The molecule has 0 aromatic heterocycles. The van der Waals surface area contributed by atoms with Crippen LogP contribution in [0.3, 0.4) is 0 Å². The summed E-state index contributed by atoms with van der Waals surface area (Å²) in [6.45, 7) is 14.0. The lowest BCUT2D eigenvalue weighted by molar-refractivity contribution is -0.157. The van der Waals surface area contributed by atoms with Crippen LogP contribution in [0.2, 0.25) is 5.02 Å². The van der Waals surface area contributed by atoms with Gasteiger partial charge in [-0.25, -0.2) is 9.59 Å². The third kappa shape index (κ3) is 12.0. The van der Waals surface area contributed by atoms with E-state index in [1.165, 1.54) is 6.07 Å². The molecule has 0 saturated carbocycles. The minimum absolute atomic E-state index is 0.145. The summed E-state index contributed by atoms with van der Waals surface area (Å²) in [5.74, 6) is -0.483. The Kier molecular flexibility index (Phi) is 12.3. The maximum absolute atomic E-state index is 13.4. The fourth-order valence-corrected chi connectivity index (χ4v) is 4.44. The zero-order chi connectivity index (χ0) is 35.8. The average Bonchev–Trinajstić information content (AvgIpc) is 2.94. The van der Waals surface area contributed by atoms with Crippen molar-refractivity contribution >= 4 is 52.5 Å². The summed E-state index contributed by atoms with van der Waals surface area (Å²) in [6, 6.07) is 14.5. The Morgan fingerprint density at radius 2 is 1.56 bits per heavy atom. The van der Waals surface area contributed by atoms with Crippen LogP contribution < -0.4 is 31.2 Å². The summed E-state index contributed by atoms with van der Waals surface area (Å²) in [5, 5.41) is 17.0. The summed E-state index contributed by atoms with van der Waals surface area (Å²) in [6.07, 6.45) is -0.946. The number of amidine groups is 1. The topological polar surface area (TPSA) is 174 Å². The van der Waals surface area contributed by atoms with Gasteiger partial charge in [-0.15, -0.1) is 0 Å². The number of rotatable bonds is 11. The molecular formula is C35H44ClN5O7.